The van der Waals surface area contributed by atoms with E-state index in [9.17, 15) is 9.59 Å². The number of halogens is 2. The number of nitrogens with zero attached hydrogens (tertiary/aromatic N) is 3. The van der Waals surface area contributed by atoms with Crippen LogP contribution in [0.25, 0.3) is 16.6 Å². The van der Waals surface area contributed by atoms with Crippen molar-refractivity contribution in [1.82, 2.24) is 9.55 Å². The fourth-order valence-corrected chi connectivity index (χ4v) is 5.18. The van der Waals surface area contributed by atoms with Gasteiger partial charge >= 0.3 is 5.97 Å². The largest absolute Gasteiger partial charge is 0.474 e. The minimum atomic E-state index is -0.686. The van der Waals surface area contributed by atoms with Crippen molar-refractivity contribution >= 4 is 51.4 Å². The highest BCUT2D eigenvalue weighted by Gasteiger charge is 2.29. The lowest BCUT2D eigenvalue weighted by Crippen LogP contribution is -2.34. The summed E-state index contributed by atoms with van der Waals surface area (Å²) in [5.41, 5.74) is 8.09. The monoisotopic (exact) mass is 552 g/mol. The molecule has 196 valence electrons. The van der Waals surface area contributed by atoms with Crippen molar-refractivity contribution in [2.45, 2.75) is 25.8 Å². The number of rotatable bonds is 7. The van der Waals surface area contributed by atoms with Gasteiger partial charge in [0.05, 0.1) is 28.9 Å². The van der Waals surface area contributed by atoms with Gasteiger partial charge in [-0.05, 0) is 68.3 Å². The first-order valence-corrected chi connectivity index (χ1v) is 13.0. The van der Waals surface area contributed by atoms with Gasteiger partial charge in [-0.2, -0.15) is 0 Å². The van der Waals surface area contributed by atoms with Gasteiger partial charge in [0.25, 0.3) is 0 Å². The third kappa shape index (κ3) is 5.01. The van der Waals surface area contributed by atoms with E-state index in [-0.39, 0.29) is 18.2 Å². The number of fused-ring (bicyclic) bond motifs is 1. The molecule has 10 heteroatoms. The van der Waals surface area contributed by atoms with Crippen LogP contribution >= 0.6 is 23.2 Å². The molecule has 5 rings (SSSR count). The van der Waals surface area contributed by atoms with Crippen molar-refractivity contribution in [3.63, 3.8) is 0 Å². The van der Waals surface area contributed by atoms with E-state index in [4.69, 9.17) is 38.4 Å². The van der Waals surface area contributed by atoms with Crippen LogP contribution in [0.1, 0.15) is 30.1 Å². The third-order valence-electron chi connectivity index (χ3n) is 6.56. The molecule has 8 nitrogen and oxygen atoms in total. The molecule has 1 aliphatic heterocycles. The van der Waals surface area contributed by atoms with Crippen LogP contribution in [0.2, 0.25) is 10.0 Å². The number of carbonyl (C=O) groups is 1. The Morgan fingerprint density at radius 3 is 2.68 bits per heavy atom. The molecule has 1 atom stereocenters. The minimum Gasteiger partial charge on any atom is -0.474 e. The summed E-state index contributed by atoms with van der Waals surface area (Å²) in [6.45, 7) is 2.98. The first-order chi connectivity index (χ1) is 18.4. The van der Waals surface area contributed by atoms with Crippen LogP contribution < -0.4 is 20.8 Å². The molecule has 0 saturated carbocycles. The second-order valence-corrected chi connectivity index (χ2v) is 9.78. The van der Waals surface area contributed by atoms with E-state index < -0.39 is 11.4 Å². The summed E-state index contributed by atoms with van der Waals surface area (Å²) in [5, 5.41) is 1.17. The van der Waals surface area contributed by atoms with Gasteiger partial charge in [-0.1, -0.05) is 23.2 Å². The van der Waals surface area contributed by atoms with E-state index in [0.29, 0.717) is 39.1 Å². The van der Waals surface area contributed by atoms with Crippen LogP contribution in [0, 0.1) is 0 Å². The molecule has 2 N–H and O–H groups in total. The first-order valence-electron chi connectivity index (χ1n) is 12.3. The Labute approximate surface area is 229 Å². The van der Waals surface area contributed by atoms with Crippen LogP contribution in [0.5, 0.6) is 5.88 Å². The average Bonchev–Trinajstić information content (AvgIpc) is 3.37. The first kappa shape index (κ1) is 25.9. The summed E-state index contributed by atoms with van der Waals surface area (Å²) in [6, 6.07) is 14.2. The maximum atomic E-state index is 13.4. The predicted molar refractivity (Wildman–Crippen MR) is 150 cm³/mol. The molecule has 0 amide bonds. The molecule has 4 aromatic rings. The Morgan fingerprint density at radius 2 is 1.95 bits per heavy atom. The number of pyridine rings is 2. The molecule has 0 unspecified atom stereocenters. The summed E-state index contributed by atoms with van der Waals surface area (Å²) in [6.07, 6.45) is 4.99. The zero-order chi connectivity index (χ0) is 26.8. The molecule has 38 heavy (non-hydrogen) atoms. The van der Waals surface area contributed by atoms with Gasteiger partial charge in [0.1, 0.15) is 17.2 Å². The van der Waals surface area contributed by atoms with Gasteiger partial charge in [-0.15, -0.1) is 0 Å². The Bertz CT molecular complexity index is 1560. The number of aromatic nitrogens is 2. The number of hydrogen-bond acceptors (Lipinski definition) is 7. The third-order valence-corrected chi connectivity index (χ3v) is 7.15. The van der Waals surface area contributed by atoms with Crippen molar-refractivity contribution in [3.8, 4) is 11.6 Å². The van der Waals surface area contributed by atoms with Crippen LogP contribution in [0.15, 0.2) is 65.7 Å². The molecule has 0 aliphatic carbocycles. The molecule has 2 aromatic carbocycles. The smallest absolute Gasteiger partial charge is 0.343 e. The summed E-state index contributed by atoms with van der Waals surface area (Å²) in [7, 11) is 0. The molecule has 2 aromatic heterocycles. The number of benzene rings is 2. The summed E-state index contributed by atoms with van der Waals surface area (Å²) in [5.74, 6) is -0.303. The number of ether oxygens (including phenoxy) is 2. The highest BCUT2D eigenvalue weighted by molar-refractivity contribution is 6.34. The van der Waals surface area contributed by atoms with E-state index in [2.05, 4.69) is 9.88 Å². The van der Waals surface area contributed by atoms with Gasteiger partial charge < -0.3 is 24.7 Å². The lowest BCUT2D eigenvalue weighted by molar-refractivity contribution is 0.0524. The standard InChI is InChI=1S/C28H26Cl2N4O4/c1-2-37-28(36)21-15-34(18-9-7-17(31)8-10-18)24-14-25(23(30)13-20(24)26(21)35)33-12-4-5-19(33)16-38-27-22(29)6-3-11-32-27/h3,6-11,13-15,19H,2,4-5,12,16,31H2,1H3/t19-/m1/s1. The Hall–Kier alpha value is -3.75. The lowest BCUT2D eigenvalue weighted by Gasteiger charge is -2.28. The average molecular weight is 553 g/mol. The van der Waals surface area contributed by atoms with Crippen molar-refractivity contribution < 1.29 is 14.3 Å². The Balaban J connectivity index is 1.59. The second kappa shape index (κ2) is 10.9. The van der Waals surface area contributed by atoms with Gasteiger partial charge in [-0.3, -0.25) is 4.79 Å². The van der Waals surface area contributed by atoms with Crippen molar-refractivity contribution in [3.05, 3.63) is 86.8 Å². The molecule has 0 bridgehead atoms. The van der Waals surface area contributed by atoms with E-state index in [1.54, 1.807) is 48.0 Å². The van der Waals surface area contributed by atoms with Crippen LogP contribution in [-0.4, -0.2) is 41.3 Å². The fraction of sp³-hybridized carbons (Fsp3) is 0.250. The number of esters is 1. The molecule has 0 spiro atoms. The molecule has 0 radical (unpaired) electrons. The summed E-state index contributed by atoms with van der Waals surface area (Å²) < 4.78 is 12.9. The Morgan fingerprint density at radius 1 is 1.16 bits per heavy atom. The predicted octanol–water partition coefficient (Wildman–Crippen LogP) is 5.50. The fourth-order valence-electron chi connectivity index (χ4n) is 4.74. The summed E-state index contributed by atoms with van der Waals surface area (Å²) >= 11 is 13.0. The molecule has 1 aliphatic rings. The van der Waals surface area contributed by atoms with Gasteiger partial charge in [0.15, 0.2) is 0 Å². The Kier molecular flexibility index (Phi) is 7.44. The topological polar surface area (TPSA) is 99.7 Å². The molecular formula is C28H26Cl2N4O4. The normalized spacial score (nSPS) is 15.1. The number of carbonyl (C=O) groups excluding carboxylic acids is 1. The van der Waals surface area contributed by atoms with Crippen LogP contribution in [0.3, 0.4) is 0 Å². The van der Waals surface area contributed by atoms with Crippen LogP contribution in [0.4, 0.5) is 11.4 Å². The van der Waals surface area contributed by atoms with E-state index in [1.165, 1.54) is 6.20 Å². The number of hydrogen-bond donors (Lipinski definition) is 1. The van der Waals surface area contributed by atoms with E-state index in [1.807, 2.05) is 18.2 Å². The quantitative estimate of drug-likeness (QED) is 0.238. The van der Waals surface area contributed by atoms with Crippen molar-refractivity contribution in [2.75, 3.05) is 30.4 Å². The van der Waals surface area contributed by atoms with Gasteiger partial charge in [-0.25, -0.2) is 9.78 Å². The van der Waals surface area contributed by atoms with Crippen molar-refractivity contribution in [2.24, 2.45) is 0 Å². The van der Waals surface area contributed by atoms with E-state index >= 15 is 0 Å². The maximum absolute atomic E-state index is 13.4. The van der Waals surface area contributed by atoms with Gasteiger partial charge in [0, 0.05) is 35.7 Å². The number of anilines is 2. The number of nitrogen functional groups attached to an aromatic ring is 1. The minimum absolute atomic E-state index is 0.0264. The maximum Gasteiger partial charge on any atom is 0.343 e. The zero-order valence-electron chi connectivity index (χ0n) is 20.7. The summed E-state index contributed by atoms with van der Waals surface area (Å²) in [4.78, 5) is 32.4. The molecule has 1 fully saturated rings. The van der Waals surface area contributed by atoms with Crippen LogP contribution in [-0.2, 0) is 4.74 Å². The van der Waals surface area contributed by atoms with Crippen molar-refractivity contribution in [1.29, 1.82) is 0 Å². The molecular weight excluding hydrogens is 527 g/mol. The SMILES string of the molecule is CCOC(=O)c1cn(-c2ccc(N)cc2)c2cc(N3CCC[C@@H]3COc3ncccc3Cl)c(Cl)cc2c1=O. The van der Waals surface area contributed by atoms with E-state index in [0.717, 1.165) is 30.8 Å². The number of nitrogens with two attached hydrogens (primary N) is 1. The highest BCUT2D eigenvalue weighted by atomic mass is 35.5. The lowest BCUT2D eigenvalue weighted by atomic mass is 10.1. The zero-order valence-corrected chi connectivity index (χ0v) is 22.2. The second-order valence-electron chi connectivity index (χ2n) is 8.97. The highest BCUT2D eigenvalue weighted by Crippen LogP contribution is 2.36. The van der Waals surface area contributed by atoms with Gasteiger partial charge in [0.2, 0.25) is 11.3 Å². The molecule has 3 heterocycles. The molecule has 1 saturated heterocycles.